The molecule has 4 rings (SSSR count). The number of nitrogens with zero attached hydrogens (tertiary/aromatic N) is 3. The molecule has 120 valence electrons. The van der Waals surface area contributed by atoms with Gasteiger partial charge in [0.25, 0.3) is 0 Å². The summed E-state index contributed by atoms with van der Waals surface area (Å²) < 4.78 is 5.40. The van der Waals surface area contributed by atoms with Gasteiger partial charge in [-0.05, 0) is 31.0 Å². The number of ether oxygens (including phenoxy) is 1. The lowest BCUT2D eigenvalue weighted by Crippen LogP contribution is -2.36. The smallest absolute Gasteiger partial charge is 0.227 e. The summed E-state index contributed by atoms with van der Waals surface area (Å²) in [7, 11) is 0. The van der Waals surface area contributed by atoms with E-state index in [-0.39, 0.29) is 11.8 Å². The molecule has 23 heavy (non-hydrogen) atoms. The second-order valence-corrected chi connectivity index (χ2v) is 6.15. The number of hydrogen-bond donors (Lipinski definition) is 1. The molecule has 6 heteroatoms. The van der Waals surface area contributed by atoms with Gasteiger partial charge in [-0.15, -0.1) is 0 Å². The number of aromatic nitrogens is 2. The first-order valence-electron chi connectivity index (χ1n) is 8.19. The van der Waals surface area contributed by atoms with Gasteiger partial charge < -0.3 is 15.0 Å². The van der Waals surface area contributed by atoms with Crippen LogP contribution < -0.4 is 10.2 Å². The molecule has 1 saturated carbocycles. The zero-order chi connectivity index (χ0) is 15.6. The average Bonchev–Trinajstić information content (AvgIpc) is 2.53. The van der Waals surface area contributed by atoms with Gasteiger partial charge in [0.15, 0.2) is 0 Å². The van der Waals surface area contributed by atoms with Crippen molar-refractivity contribution in [1.82, 2.24) is 9.97 Å². The van der Waals surface area contributed by atoms with Crippen LogP contribution in [0.5, 0.6) is 0 Å². The van der Waals surface area contributed by atoms with Crippen LogP contribution in [-0.4, -0.2) is 42.2 Å². The zero-order valence-corrected chi connectivity index (χ0v) is 13.0. The van der Waals surface area contributed by atoms with Gasteiger partial charge in [0.05, 0.1) is 18.7 Å². The molecule has 0 bridgehead atoms. The van der Waals surface area contributed by atoms with Crippen molar-refractivity contribution < 1.29 is 9.53 Å². The predicted molar refractivity (Wildman–Crippen MR) is 88.5 cm³/mol. The topological polar surface area (TPSA) is 67.4 Å². The molecule has 0 spiro atoms. The molecule has 0 atom stereocenters. The van der Waals surface area contributed by atoms with Gasteiger partial charge in [0.2, 0.25) is 5.91 Å². The summed E-state index contributed by atoms with van der Waals surface area (Å²) >= 11 is 0. The molecule has 1 N–H and O–H groups in total. The number of morpholine rings is 1. The third kappa shape index (κ3) is 2.86. The normalized spacial score (nSPS) is 18.7. The summed E-state index contributed by atoms with van der Waals surface area (Å²) in [6.45, 7) is 3.13. The lowest BCUT2D eigenvalue weighted by Gasteiger charge is -2.28. The number of benzene rings is 1. The standard InChI is InChI=1S/C17H20N4O2/c22-17(12-2-1-3-12)20-13-4-5-14-15(10-13)18-11-19-16(14)21-6-8-23-9-7-21/h4-5,10-12H,1-3,6-9H2,(H,20,22). The van der Waals surface area contributed by atoms with E-state index in [1.54, 1.807) is 6.33 Å². The van der Waals surface area contributed by atoms with Gasteiger partial charge >= 0.3 is 0 Å². The van der Waals surface area contributed by atoms with Crippen molar-refractivity contribution in [3.63, 3.8) is 0 Å². The van der Waals surface area contributed by atoms with Crippen molar-refractivity contribution in [3.8, 4) is 0 Å². The fraction of sp³-hybridized carbons (Fsp3) is 0.471. The van der Waals surface area contributed by atoms with Crippen LogP contribution in [0.2, 0.25) is 0 Å². The Hall–Kier alpha value is -2.21. The molecule has 1 aliphatic carbocycles. The van der Waals surface area contributed by atoms with E-state index in [9.17, 15) is 4.79 Å². The molecule has 1 amide bonds. The molecule has 2 heterocycles. The molecule has 1 saturated heterocycles. The van der Waals surface area contributed by atoms with Gasteiger partial charge in [0.1, 0.15) is 12.1 Å². The monoisotopic (exact) mass is 312 g/mol. The maximum Gasteiger partial charge on any atom is 0.227 e. The lowest BCUT2D eigenvalue weighted by molar-refractivity contribution is -0.122. The number of amides is 1. The molecule has 2 aromatic rings. The minimum Gasteiger partial charge on any atom is -0.378 e. The minimum absolute atomic E-state index is 0.123. The Kier molecular flexibility index (Phi) is 3.83. The average molecular weight is 312 g/mol. The van der Waals surface area contributed by atoms with Crippen molar-refractivity contribution >= 4 is 28.3 Å². The van der Waals surface area contributed by atoms with Crippen molar-refractivity contribution in [3.05, 3.63) is 24.5 Å². The molecular weight excluding hydrogens is 292 g/mol. The second kappa shape index (κ2) is 6.12. The maximum absolute atomic E-state index is 12.1. The van der Waals surface area contributed by atoms with Gasteiger partial charge in [-0.25, -0.2) is 9.97 Å². The van der Waals surface area contributed by atoms with E-state index in [0.717, 1.165) is 68.0 Å². The Morgan fingerprint density at radius 1 is 1.22 bits per heavy atom. The van der Waals surface area contributed by atoms with Crippen LogP contribution in [0.15, 0.2) is 24.5 Å². The maximum atomic E-state index is 12.1. The third-order valence-electron chi connectivity index (χ3n) is 4.67. The molecule has 2 fully saturated rings. The van der Waals surface area contributed by atoms with Gasteiger partial charge in [-0.1, -0.05) is 6.42 Å². The Labute approximate surface area is 134 Å². The number of carbonyl (C=O) groups is 1. The van der Waals surface area contributed by atoms with Crippen LogP contribution >= 0.6 is 0 Å². The van der Waals surface area contributed by atoms with Crippen LogP contribution in [0, 0.1) is 5.92 Å². The highest BCUT2D eigenvalue weighted by Gasteiger charge is 2.25. The van der Waals surface area contributed by atoms with Crippen molar-refractivity contribution in [1.29, 1.82) is 0 Å². The highest BCUT2D eigenvalue weighted by molar-refractivity contribution is 5.97. The summed E-state index contributed by atoms with van der Waals surface area (Å²) in [5, 5.41) is 4.01. The van der Waals surface area contributed by atoms with Gasteiger partial charge in [0, 0.05) is 30.1 Å². The first-order chi connectivity index (χ1) is 11.3. The van der Waals surface area contributed by atoms with E-state index < -0.39 is 0 Å². The summed E-state index contributed by atoms with van der Waals surface area (Å²) in [5.41, 5.74) is 1.66. The summed E-state index contributed by atoms with van der Waals surface area (Å²) in [4.78, 5) is 23.1. The fourth-order valence-electron chi connectivity index (χ4n) is 3.06. The SMILES string of the molecule is O=C(Nc1ccc2c(N3CCOCC3)ncnc2c1)C1CCC1. The predicted octanol–water partition coefficient (Wildman–Crippen LogP) is 2.21. The molecule has 6 nitrogen and oxygen atoms in total. The summed E-state index contributed by atoms with van der Waals surface area (Å²) in [6.07, 6.45) is 4.75. The first kappa shape index (κ1) is 14.4. The number of rotatable bonds is 3. The van der Waals surface area contributed by atoms with Crippen molar-refractivity contribution in [2.45, 2.75) is 19.3 Å². The first-order valence-corrected chi connectivity index (χ1v) is 8.19. The molecular formula is C17H20N4O2. The molecule has 0 radical (unpaired) electrons. The summed E-state index contributed by atoms with van der Waals surface area (Å²) in [6, 6.07) is 5.86. The number of fused-ring (bicyclic) bond motifs is 1. The second-order valence-electron chi connectivity index (χ2n) is 6.15. The molecule has 0 unspecified atom stereocenters. The molecule has 1 aromatic heterocycles. The zero-order valence-electron chi connectivity index (χ0n) is 13.0. The number of anilines is 2. The van der Waals surface area contributed by atoms with Crippen molar-refractivity contribution in [2.75, 3.05) is 36.5 Å². The van der Waals surface area contributed by atoms with Gasteiger partial charge in [-0.2, -0.15) is 0 Å². The van der Waals surface area contributed by atoms with Crippen molar-refractivity contribution in [2.24, 2.45) is 5.92 Å². The van der Waals surface area contributed by atoms with E-state index in [4.69, 9.17) is 4.74 Å². The van der Waals surface area contributed by atoms with E-state index in [0.29, 0.717) is 0 Å². The van der Waals surface area contributed by atoms with E-state index in [1.807, 2.05) is 18.2 Å². The van der Waals surface area contributed by atoms with Crippen LogP contribution in [0.25, 0.3) is 10.9 Å². The highest BCUT2D eigenvalue weighted by Crippen LogP contribution is 2.29. The number of hydrogen-bond acceptors (Lipinski definition) is 5. The Bertz CT molecular complexity index is 724. The minimum atomic E-state index is 0.123. The number of carbonyl (C=O) groups excluding carboxylic acids is 1. The van der Waals surface area contributed by atoms with E-state index >= 15 is 0 Å². The van der Waals surface area contributed by atoms with Crippen LogP contribution in [0.1, 0.15) is 19.3 Å². The Morgan fingerprint density at radius 2 is 2.04 bits per heavy atom. The van der Waals surface area contributed by atoms with E-state index in [1.165, 1.54) is 0 Å². The molecule has 1 aromatic carbocycles. The molecule has 1 aliphatic heterocycles. The fourth-order valence-corrected chi connectivity index (χ4v) is 3.06. The quantitative estimate of drug-likeness (QED) is 0.941. The number of nitrogens with one attached hydrogen (secondary N) is 1. The lowest BCUT2D eigenvalue weighted by atomic mass is 9.85. The highest BCUT2D eigenvalue weighted by atomic mass is 16.5. The van der Waals surface area contributed by atoms with Crippen LogP contribution in [0.3, 0.4) is 0 Å². The molecule has 2 aliphatic rings. The van der Waals surface area contributed by atoms with E-state index in [2.05, 4.69) is 20.2 Å². The van der Waals surface area contributed by atoms with Crippen LogP contribution in [0.4, 0.5) is 11.5 Å². The summed E-state index contributed by atoms with van der Waals surface area (Å²) in [5.74, 6) is 1.24. The Morgan fingerprint density at radius 3 is 2.78 bits per heavy atom. The Balaban J connectivity index is 1.60. The van der Waals surface area contributed by atoms with Crippen LogP contribution in [-0.2, 0) is 9.53 Å². The van der Waals surface area contributed by atoms with Gasteiger partial charge in [-0.3, -0.25) is 4.79 Å². The largest absolute Gasteiger partial charge is 0.378 e. The third-order valence-corrected chi connectivity index (χ3v) is 4.67.